The van der Waals surface area contributed by atoms with E-state index in [4.69, 9.17) is 16.3 Å². The Balaban J connectivity index is 2.16. The average Bonchev–Trinajstić information content (AvgIpc) is 2.39. The number of ether oxygens (including phenoxy) is 1. The summed E-state index contributed by atoms with van der Waals surface area (Å²) < 4.78 is 5.59. The van der Waals surface area contributed by atoms with E-state index in [0.29, 0.717) is 5.88 Å². The quantitative estimate of drug-likeness (QED) is 0.776. The molecule has 4 heteroatoms. The van der Waals surface area contributed by atoms with Crippen molar-refractivity contribution in [2.24, 2.45) is 0 Å². The second kappa shape index (κ2) is 5.23. The summed E-state index contributed by atoms with van der Waals surface area (Å²) in [5.41, 5.74) is 0.866. The van der Waals surface area contributed by atoms with Crippen LogP contribution in [0.25, 0.3) is 0 Å². The molecular formula is C13H19ClN2O. The number of aromatic nitrogens is 1. The molecule has 0 saturated carbocycles. The summed E-state index contributed by atoms with van der Waals surface area (Å²) in [5.74, 6) is 1.47. The molecule has 0 spiro atoms. The minimum absolute atomic E-state index is 0.0586. The van der Waals surface area contributed by atoms with E-state index in [9.17, 15) is 0 Å². The lowest BCUT2D eigenvalue weighted by Gasteiger charge is -2.40. The van der Waals surface area contributed by atoms with Gasteiger partial charge in [0.2, 0.25) is 0 Å². The smallest absolute Gasteiger partial charge is 0.128 e. The second-order valence-electron chi connectivity index (χ2n) is 4.80. The van der Waals surface area contributed by atoms with Crippen molar-refractivity contribution in [3.8, 4) is 0 Å². The van der Waals surface area contributed by atoms with Crippen LogP contribution in [-0.4, -0.2) is 30.8 Å². The molecule has 0 aromatic carbocycles. The van der Waals surface area contributed by atoms with Crippen LogP contribution < -0.4 is 4.90 Å². The van der Waals surface area contributed by atoms with Gasteiger partial charge in [-0.15, -0.1) is 11.6 Å². The molecule has 3 nitrogen and oxygen atoms in total. The van der Waals surface area contributed by atoms with Crippen LogP contribution in [0.2, 0.25) is 0 Å². The van der Waals surface area contributed by atoms with Crippen molar-refractivity contribution in [3.05, 3.63) is 23.9 Å². The van der Waals surface area contributed by atoms with E-state index in [-0.39, 0.29) is 5.60 Å². The summed E-state index contributed by atoms with van der Waals surface area (Å²) >= 11 is 5.82. The number of hydrogen-bond donors (Lipinski definition) is 0. The van der Waals surface area contributed by atoms with Crippen LogP contribution in [0.1, 0.15) is 25.5 Å². The Labute approximate surface area is 108 Å². The molecule has 17 heavy (non-hydrogen) atoms. The number of piperidine rings is 1. The van der Waals surface area contributed by atoms with Gasteiger partial charge >= 0.3 is 0 Å². The molecule has 1 aliphatic heterocycles. The average molecular weight is 255 g/mol. The van der Waals surface area contributed by atoms with E-state index in [1.54, 1.807) is 7.11 Å². The first-order valence-corrected chi connectivity index (χ1v) is 6.52. The number of hydrogen-bond acceptors (Lipinski definition) is 3. The van der Waals surface area contributed by atoms with Crippen LogP contribution in [0.4, 0.5) is 5.82 Å². The number of halogens is 1. The Bertz CT molecular complexity index is 385. The van der Waals surface area contributed by atoms with Gasteiger partial charge in [0.15, 0.2) is 0 Å². The van der Waals surface area contributed by atoms with Gasteiger partial charge in [0, 0.05) is 20.2 Å². The molecule has 0 amide bonds. The minimum atomic E-state index is -0.0586. The van der Waals surface area contributed by atoms with Gasteiger partial charge in [-0.05, 0) is 31.9 Å². The molecule has 2 heterocycles. The first kappa shape index (κ1) is 12.7. The molecule has 1 atom stereocenters. The van der Waals surface area contributed by atoms with Crippen LogP contribution in [-0.2, 0) is 10.6 Å². The van der Waals surface area contributed by atoms with E-state index in [2.05, 4.69) is 16.8 Å². The number of rotatable bonds is 3. The molecule has 94 valence electrons. The topological polar surface area (TPSA) is 25.4 Å². The van der Waals surface area contributed by atoms with Crippen LogP contribution in [0.3, 0.4) is 0 Å². The Morgan fingerprint density at radius 3 is 3.06 bits per heavy atom. The first-order chi connectivity index (χ1) is 8.17. The van der Waals surface area contributed by atoms with Gasteiger partial charge in [-0.1, -0.05) is 6.07 Å². The van der Waals surface area contributed by atoms with Crippen molar-refractivity contribution >= 4 is 17.4 Å². The highest BCUT2D eigenvalue weighted by Crippen LogP contribution is 2.27. The summed E-state index contributed by atoms with van der Waals surface area (Å²) in [4.78, 5) is 6.83. The molecule has 2 rings (SSSR count). The standard InChI is InChI=1S/C13H19ClN2O/c1-13(17-2)7-4-8-16(10-13)12-6-3-5-11(9-14)15-12/h3,5-6H,4,7-10H2,1-2H3. The van der Waals surface area contributed by atoms with Crippen LogP contribution in [0.5, 0.6) is 0 Å². The fraction of sp³-hybridized carbons (Fsp3) is 0.615. The van der Waals surface area contributed by atoms with Crippen molar-refractivity contribution < 1.29 is 4.74 Å². The fourth-order valence-electron chi connectivity index (χ4n) is 2.29. The number of nitrogens with zero attached hydrogens (tertiary/aromatic N) is 2. The summed E-state index contributed by atoms with van der Waals surface area (Å²) in [7, 11) is 1.78. The molecule has 1 aromatic rings. The van der Waals surface area contributed by atoms with E-state index < -0.39 is 0 Å². The molecule has 1 saturated heterocycles. The van der Waals surface area contributed by atoms with E-state index in [1.807, 2.05) is 18.2 Å². The zero-order valence-corrected chi connectivity index (χ0v) is 11.2. The molecule has 0 radical (unpaired) electrons. The SMILES string of the molecule is COC1(C)CCCN(c2cccc(CCl)n2)C1. The van der Waals surface area contributed by atoms with Crippen LogP contribution >= 0.6 is 11.6 Å². The van der Waals surface area contributed by atoms with Crippen molar-refractivity contribution in [3.63, 3.8) is 0 Å². The number of alkyl halides is 1. The van der Waals surface area contributed by atoms with Crippen molar-refractivity contribution in [1.82, 2.24) is 4.98 Å². The largest absolute Gasteiger partial charge is 0.377 e. The highest BCUT2D eigenvalue weighted by molar-refractivity contribution is 6.16. The van der Waals surface area contributed by atoms with Gasteiger partial charge in [0.1, 0.15) is 5.82 Å². The Morgan fingerprint density at radius 2 is 2.35 bits per heavy atom. The van der Waals surface area contributed by atoms with Gasteiger partial charge in [0.25, 0.3) is 0 Å². The van der Waals surface area contributed by atoms with Gasteiger partial charge < -0.3 is 9.64 Å². The lowest BCUT2D eigenvalue weighted by atomic mass is 9.95. The van der Waals surface area contributed by atoms with E-state index in [0.717, 1.165) is 37.4 Å². The molecule has 1 unspecified atom stereocenters. The molecule has 1 fully saturated rings. The normalized spacial score (nSPS) is 25.0. The summed E-state index contributed by atoms with van der Waals surface area (Å²) in [6.07, 6.45) is 2.24. The summed E-state index contributed by atoms with van der Waals surface area (Å²) in [6, 6.07) is 6.01. The fourth-order valence-corrected chi connectivity index (χ4v) is 2.43. The van der Waals surface area contributed by atoms with E-state index in [1.165, 1.54) is 0 Å². The molecule has 0 aliphatic carbocycles. The molecule has 1 aromatic heterocycles. The van der Waals surface area contributed by atoms with Crippen molar-refractivity contribution in [1.29, 1.82) is 0 Å². The minimum Gasteiger partial charge on any atom is -0.377 e. The predicted octanol–water partition coefficient (Wildman–Crippen LogP) is 2.83. The van der Waals surface area contributed by atoms with Crippen LogP contribution in [0, 0.1) is 0 Å². The van der Waals surface area contributed by atoms with Crippen LogP contribution in [0.15, 0.2) is 18.2 Å². The Kier molecular flexibility index (Phi) is 3.89. The van der Waals surface area contributed by atoms with Crippen molar-refractivity contribution in [2.75, 3.05) is 25.1 Å². The molecule has 1 aliphatic rings. The zero-order valence-electron chi connectivity index (χ0n) is 10.4. The van der Waals surface area contributed by atoms with Gasteiger partial charge in [0.05, 0.1) is 17.2 Å². The van der Waals surface area contributed by atoms with Gasteiger partial charge in [-0.2, -0.15) is 0 Å². The monoisotopic (exact) mass is 254 g/mol. The molecular weight excluding hydrogens is 236 g/mol. The third kappa shape index (κ3) is 2.90. The molecule has 0 bridgehead atoms. The van der Waals surface area contributed by atoms with E-state index >= 15 is 0 Å². The Hall–Kier alpha value is -0.800. The number of anilines is 1. The lowest BCUT2D eigenvalue weighted by Crippen LogP contribution is -2.47. The summed E-state index contributed by atoms with van der Waals surface area (Å²) in [5, 5.41) is 0. The summed E-state index contributed by atoms with van der Waals surface area (Å²) in [6.45, 7) is 4.09. The lowest BCUT2D eigenvalue weighted by molar-refractivity contribution is -0.00481. The number of pyridine rings is 1. The third-order valence-electron chi connectivity index (χ3n) is 3.40. The highest BCUT2D eigenvalue weighted by atomic mass is 35.5. The molecule has 0 N–H and O–H groups in total. The third-order valence-corrected chi connectivity index (χ3v) is 3.68. The Morgan fingerprint density at radius 1 is 1.53 bits per heavy atom. The zero-order chi connectivity index (χ0) is 12.3. The highest BCUT2D eigenvalue weighted by Gasteiger charge is 2.31. The maximum absolute atomic E-state index is 5.82. The maximum Gasteiger partial charge on any atom is 0.128 e. The predicted molar refractivity (Wildman–Crippen MR) is 70.7 cm³/mol. The van der Waals surface area contributed by atoms with Gasteiger partial charge in [-0.25, -0.2) is 4.98 Å². The van der Waals surface area contributed by atoms with Gasteiger partial charge in [-0.3, -0.25) is 0 Å². The first-order valence-electron chi connectivity index (χ1n) is 5.99. The number of methoxy groups -OCH3 is 1. The van der Waals surface area contributed by atoms with Crippen molar-refractivity contribution in [2.45, 2.75) is 31.2 Å². The maximum atomic E-state index is 5.82. The second-order valence-corrected chi connectivity index (χ2v) is 5.07.